The van der Waals surface area contributed by atoms with Crippen molar-refractivity contribution in [3.63, 3.8) is 0 Å². The third kappa shape index (κ3) is 6.56. The summed E-state index contributed by atoms with van der Waals surface area (Å²) in [6.07, 6.45) is 11.4. The minimum absolute atomic E-state index is 0.356. The summed E-state index contributed by atoms with van der Waals surface area (Å²) in [7, 11) is 0. The average Bonchev–Trinajstić information content (AvgIpc) is 2.39. The van der Waals surface area contributed by atoms with E-state index >= 15 is 0 Å². The minimum Gasteiger partial charge on any atom is -0.396 e. The van der Waals surface area contributed by atoms with Crippen molar-refractivity contribution in [3.05, 3.63) is 34.4 Å². The van der Waals surface area contributed by atoms with Gasteiger partial charge < -0.3 is 5.11 Å². The van der Waals surface area contributed by atoms with E-state index in [4.69, 9.17) is 5.11 Å². The Morgan fingerprint density at radius 3 is 1.65 bits per heavy atom. The lowest BCUT2D eigenvalue weighted by atomic mass is 9.95. The zero-order valence-corrected chi connectivity index (χ0v) is 13.7. The van der Waals surface area contributed by atoms with E-state index in [1.807, 2.05) is 0 Å². The minimum atomic E-state index is 0.356. The maximum Gasteiger partial charge on any atom is 0.0431 e. The van der Waals surface area contributed by atoms with Crippen LogP contribution < -0.4 is 0 Å². The van der Waals surface area contributed by atoms with E-state index < -0.39 is 0 Å². The first-order valence-electron chi connectivity index (χ1n) is 8.32. The van der Waals surface area contributed by atoms with E-state index in [-0.39, 0.29) is 0 Å². The van der Waals surface area contributed by atoms with Gasteiger partial charge in [-0.3, -0.25) is 0 Å². The Bertz CT molecular complexity index is 358. The van der Waals surface area contributed by atoms with Gasteiger partial charge in [0, 0.05) is 6.61 Å². The van der Waals surface area contributed by atoms with E-state index in [1.54, 1.807) is 5.56 Å². The van der Waals surface area contributed by atoms with E-state index in [2.05, 4.69) is 32.9 Å². The zero-order chi connectivity index (χ0) is 14.8. The molecule has 0 atom stereocenters. The van der Waals surface area contributed by atoms with Gasteiger partial charge in [-0.25, -0.2) is 0 Å². The van der Waals surface area contributed by atoms with Crippen LogP contribution in [-0.2, 0) is 6.42 Å². The second-order valence-electron chi connectivity index (χ2n) is 6.18. The van der Waals surface area contributed by atoms with Crippen LogP contribution in [0.15, 0.2) is 12.1 Å². The molecule has 0 aromatic heterocycles. The van der Waals surface area contributed by atoms with Crippen molar-refractivity contribution in [2.45, 2.75) is 78.6 Å². The molecule has 0 bridgehead atoms. The summed E-state index contributed by atoms with van der Waals surface area (Å²) < 4.78 is 0. The summed E-state index contributed by atoms with van der Waals surface area (Å²) in [5.74, 6) is 0. The van der Waals surface area contributed by atoms with Gasteiger partial charge in [-0.05, 0) is 56.7 Å². The number of hydrogen-bond acceptors (Lipinski definition) is 1. The van der Waals surface area contributed by atoms with E-state index in [0.29, 0.717) is 6.61 Å². The summed E-state index contributed by atoms with van der Waals surface area (Å²) in [5, 5.41) is 8.71. The fourth-order valence-electron chi connectivity index (χ4n) is 3.08. The highest BCUT2D eigenvalue weighted by molar-refractivity contribution is 5.37. The molecule has 1 N–H and O–H groups in total. The van der Waals surface area contributed by atoms with E-state index in [0.717, 1.165) is 6.42 Å². The number of benzene rings is 1. The lowest BCUT2D eigenvalue weighted by Gasteiger charge is -2.11. The predicted octanol–water partition coefficient (Wildman–Crippen LogP) is 5.27. The molecule has 0 saturated heterocycles. The van der Waals surface area contributed by atoms with E-state index in [9.17, 15) is 0 Å². The lowest BCUT2D eigenvalue weighted by molar-refractivity contribution is 0.282. The van der Waals surface area contributed by atoms with Gasteiger partial charge in [0.2, 0.25) is 0 Å². The molecule has 1 aromatic rings. The van der Waals surface area contributed by atoms with Crippen LogP contribution in [0.1, 0.15) is 73.6 Å². The smallest absolute Gasteiger partial charge is 0.0431 e. The van der Waals surface area contributed by atoms with Crippen LogP contribution in [0, 0.1) is 20.8 Å². The van der Waals surface area contributed by atoms with Crippen molar-refractivity contribution in [1.82, 2.24) is 0 Å². The number of unbranched alkanes of at least 4 members (excludes halogenated alkanes) is 7. The molecule has 1 rings (SSSR count). The summed E-state index contributed by atoms with van der Waals surface area (Å²) in [5.41, 5.74) is 5.88. The summed E-state index contributed by atoms with van der Waals surface area (Å²) >= 11 is 0. The number of aliphatic hydroxyl groups excluding tert-OH is 1. The molecular formula is C19H32O. The number of aliphatic hydroxyl groups is 1. The number of hydrogen-bond donors (Lipinski definition) is 1. The molecule has 114 valence electrons. The van der Waals surface area contributed by atoms with Crippen LogP contribution >= 0.6 is 0 Å². The number of aryl methyl sites for hydroxylation is 3. The van der Waals surface area contributed by atoms with Crippen molar-refractivity contribution in [3.8, 4) is 0 Å². The lowest BCUT2D eigenvalue weighted by Crippen LogP contribution is -1.95. The van der Waals surface area contributed by atoms with Crippen LogP contribution in [0.3, 0.4) is 0 Å². The molecule has 0 radical (unpaired) electrons. The van der Waals surface area contributed by atoms with Crippen molar-refractivity contribution >= 4 is 0 Å². The largest absolute Gasteiger partial charge is 0.396 e. The molecule has 1 aromatic carbocycles. The Balaban J connectivity index is 2.13. The van der Waals surface area contributed by atoms with Crippen LogP contribution in [0.25, 0.3) is 0 Å². The van der Waals surface area contributed by atoms with Crippen molar-refractivity contribution < 1.29 is 5.11 Å². The van der Waals surface area contributed by atoms with Crippen LogP contribution in [0.5, 0.6) is 0 Å². The van der Waals surface area contributed by atoms with Gasteiger partial charge in [0.1, 0.15) is 0 Å². The Kier molecular flexibility index (Phi) is 8.60. The standard InChI is InChI=1S/C19H32O/c1-16-14-17(2)19(18(3)15-16)12-10-8-6-4-5-7-9-11-13-20/h14-15,20H,4-13H2,1-3H3. The monoisotopic (exact) mass is 276 g/mol. The summed E-state index contributed by atoms with van der Waals surface area (Å²) in [6, 6.07) is 4.62. The quantitative estimate of drug-likeness (QED) is 0.577. The Labute approximate surface area is 125 Å². The highest BCUT2D eigenvalue weighted by Crippen LogP contribution is 2.19. The van der Waals surface area contributed by atoms with Gasteiger partial charge in [-0.2, -0.15) is 0 Å². The molecule has 1 heteroatoms. The fourth-order valence-corrected chi connectivity index (χ4v) is 3.08. The van der Waals surface area contributed by atoms with Gasteiger partial charge in [0.15, 0.2) is 0 Å². The van der Waals surface area contributed by atoms with Gasteiger partial charge in [-0.1, -0.05) is 56.2 Å². The zero-order valence-electron chi connectivity index (χ0n) is 13.7. The second-order valence-corrected chi connectivity index (χ2v) is 6.18. The van der Waals surface area contributed by atoms with Crippen molar-refractivity contribution in [2.24, 2.45) is 0 Å². The molecule has 0 aliphatic heterocycles. The molecule has 0 aliphatic carbocycles. The van der Waals surface area contributed by atoms with Crippen LogP contribution in [0.2, 0.25) is 0 Å². The van der Waals surface area contributed by atoms with Crippen molar-refractivity contribution in [1.29, 1.82) is 0 Å². The Hall–Kier alpha value is -0.820. The van der Waals surface area contributed by atoms with Crippen molar-refractivity contribution in [2.75, 3.05) is 6.61 Å². The SMILES string of the molecule is Cc1cc(C)c(CCCCCCCCCCO)c(C)c1. The molecule has 1 nitrogen and oxygen atoms in total. The summed E-state index contributed by atoms with van der Waals surface area (Å²) in [6.45, 7) is 7.03. The Morgan fingerprint density at radius 1 is 0.700 bits per heavy atom. The maximum atomic E-state index is 8.71. The first-order valence-corrected chi connectivity index (χ1v) is 8.32. The normalized spacial score (nSPS) is 11.0. The molecule has 0 spiro atoms. The average molecular weight is 276 g/mol. The highest BCUT2D eigenvalue weighted by atomic mass is 16.2. The fraction of sp³-hybridized carbons (Fsp3) is 0.684. The second kappa shape index (κ2) is 9.99. The van der Waals surface area contributed by atoms with Gasteiger partial charge >= 0.3 is 0 Å². The maximum absolute atomic E-state index is 8.71. The summed E-state index contributed by atoms with van der Waals surface area (Å²) in [4.78, 5) is 0. The predicted molar refractivity (Wildman–Crippen MR) is 88.4 cm³/mol. The third-order valence-electron chi connectivity index (χ3n) is 4.18. The molecular weight excluding hydrogens is 244 g/mol. The molecule has 0 aliphatic rings. The third-order valence-corrected chi connectivity index (χ3v) is 4.18. The Morgan fingerprint density at radius 2 is 1.15 bits per heavy atom. The number of rotatable bonds is 10. The molecule has 0 unspecified atom stereocenters. The molecule has 20 heavy (non-hydrogen) atoms. The van der Waals surface area contributed by atoms with Gasteiger partial charge in [0.25, 0.3) is 0 Å². The first kappa shape index (κ1) is 17.2. The molecule has 0 saturated carbocycles. The highest BCUT2D eigenvalue weighted by Gasteiger charge is 2.03. The molecule has 0 amide bonds. The first-order chi connectivity index (χ1) is 9.65. The van der Waals surface area contributed by atoms with Gasteiger partial charge in [0.05, 0.1) is 0 Å². The van der Waals surface area contributed by atoms with Gasteiger partial charge in [-0.15, -0.1) is 0 Å². The van der Waals surface area contributed by atoms with Crippen LogP contribution in [0.4, 0.5) is 0 Å². The molecule has 0 fully saturated rings. The topological polar surface area (TPSA) is 20.2 Å². The van der Waals surface area contributed by atoms with E-state index in [1.165, 1.54) is 68.1 Å². The van der Waals surface area contributed by atoms with Crippen LogP contribution in [-0.4, -0.2) is 11.7 Å². The molecule has 0 heterocycles.